The van der Waals surface area contributed by atoms with Gasteiger partial charge in [-0.2, -0.15) is 5.26 Å². The average molecular weight is 377 g/mol. The van der Waals surface area contributed by atoms with Crippen LogP contribution in [-0.4, -0.2) is 9.97 Å². The minimum absolute atomic E-state index is 0.601. The zero-order valence-corrected chi connectivity index (χ0v) is 18.2. The first-order valence-corrected chi connectivity index (χ1v) is 10.2. The van der Waals surface area contributed by atoms with Crippen molar-refractivity contribution in [2.45, 2.75) is 61.3 Å². The maximum Gasteiger partial charge on any atom is 0.130 e. The van der Waals surface area contributed by atoms with Gasteiger partial charge in [0, 0.05) is 16.8 Å². The molecule has 0 aliphatic heterocycles. The van der Waals surface area contributed by atoms with Gasteiger partial charge in [-0.1, -0.05) is 41.5 Å². The summed E-state index contributed by atoms with van der Waals surface area (Å²) in [6.45, 7) is 14.1. The Kier molecular flexibility index (Phi) is 9.67. The Bertz CT molecular complexity index is 939. The molecule has 0 unspecified atom stereocenters. The number of fused-ring (bicyclic) bond motifs is 1. The zero-order valence-electron chi connectivity index (χ0n) is 18.2. The summed E-state index contributed by atoms with van der Waals surface area (Å²) in [4.78, 5) is 9.15. The van der Waals surface area contributed by atoms with Gasteiger partial charge in [0.05, 0.1) is 16.8 Å². The molecule has 0 radical (unpaired) electrons. The first kappa shape index (κ1) is 23.1. The van der Waals surface area contributed by atoms with Crippen LogP contribution in [0.1, 0.15) is 64.1 Å². The number of nitriles is 1. The fourth-order valence-electron chi connectivity index (χ4n) is 2.80. The van der Waals surface area contributed by atoms with Crippen LogP contribution >= 0.6 is 0 Å². The number of aryl methyl sites for hydroxylation is 3. The van der Waals surface area contributed by atoms with E-state index in [1.165, 1.54) is 10.9 Å². The van der Waals surface area contributed by atoms with Crippen molar-refractivity contribution in [3.63, 3.8) is 0 Å². The number of nitrogens with one attached hydrogen (secondary N) is 1. The van der Waals surface area contributed by atoms with E-state index >= 15 is 0 Å². The molecule has 0 aliphatic carbocycles. The van der Waals surface area contributed by atoms with Gasteiger partial charge in [-0.05, 0) is 61.7 Å². The molecule has 0 aliphatic rings. The van der Waals surface area contributed by atoms with E-state index < -0.39 is 0 Å². The summed E-state index contributed by atoms with van der Waals surface area (Å²) >= 11 is 0. The summed E-state index contributed by atoms with van der Waals surface area (Å²) < 4.78 is 0. The molecule has 2 aromatic heterocycles. The maximum atomic E-state index is 9.00. The second-order valence-electron chi connectivity index (χ2n) is 5.78. The fourth-order valence-corrected chi connectivity index (χ4v) is 2.80. The summed E-state index contributed by atoms with van der Waals surface area (Å²) in [5.74, 6) is 0.738. The van der Waals surface area contributed by atoms with Gasteiger partial charge in [0.2, 0.25) is 0 Å². The molecule has 148 valence electrons. The van der Waals surface area contributed by atoms with Crippen molar-refractivity contribution in [2.24, 2.45) is 0 Å². The van der Waals surface area contributed by atoms with Gasteiger partial charge in [-0.3, -0.25) is 4.98 Å². The molecule has 0 amide bonds. The lowest BCUT2D eigenvalue weighted by atomic mass is 10.0. The van der Waals surface area contributed by atoms with E-state index in [9.17, 15) is 0 Å². The highest BCUT2D eigenvalue weighted by atomic mass is 15.0. The minimum atomic E-state index is 0.601. The standard InChI is InChI=1S/C20H20N4.2C2H6/c1-4-14-10-16(5-2)23-19-8-7-17(11-18(14)19)24-20-9-6-15(12-21)13(3)22-20;2*1-2/h6-11H,4-5H2,1-3H3,(H,22,24);2*1-2H3. The van der Waals surface area contributed by atoms with Gasteiger partial charge in [0.25, 0.3) is 0 Å². The van der Waals surface area contributed by atoms with Gasteiger partial charge >= 0.3 is 0 Å². The lowest BCUT2D eigenvalue weighted by Gasteiger charge is -2.11. The minimum Gasteiger partial charge on any atom is -0.340 e. The van der Waals surface area contributed by atoms with Crippen LogP contribution in [0.2, 0.25) is 0 Å². The van der Waals surface area contributed by atoms with Crippen molar-refractivity contribution in [1.82, 2.24) is 9.97 Å². The lowest BCUT2D eigenvalue weighted by molar-refractivity contribution is 1.03. The molecule has 0 spiro atoms. The SMILES string of the molecule is CC.CC.CCc1cc(CC)c2cc(Nc3ccc(C#N)c(C)n3)ccc2n1. The average Bonchev–Trinajstić information content (AvgIpc) is 2.76. The highest BCUT2D eigenvalue weighted by Gasteiger charge is 2.07. The quantitative estimate of drug-likeness (QED) is 0.548. The third-order valence-corrected chi connectivity index (χ3v) is 4.17. The van der Waals surface area contributed by atoms with Gasteiger partial charge in [0.15, 0.2) is 0 Å². The normalized spacial score (nSPS) is 9.50. The van der Waals surface area contributed by atoms with Crippen LogP contribution in [0, 0.1) is 18.3 Å². The van der Waals surface area contributed by atoms with E-state index in [0.29, 0.717) is 5.56 Å². The van der Waals surface area contributed by atoms with E-state index in [1.807, 2.05) is 52.8 Å². The fraction of sp³-hybridized carbons (Fsp3) is 0.375. The van der Waals surface area contributed by atoms with E-state index in [2.05, 4.69) is 42.4 Å². The first-order chi connectivity index (χ1) is 13.6. The molecular formula is C24H32N4. The Morgan fingerprint density at radius 3 is 2.21 bits per heavy atom. The molecule has 3 rings (SSSR count). The summed E-state index contributed by atoms with van der Waals surface area (Å²) in [5, 5.41) is 13.5. The summed E-state index contributed by atoms with van der Waals surface area (Å²) in [5.41, 5.74) is 5.77. The number of nitrogens with zero attached hydrogens (tertiary/aromatic N) is 3. The first-order valence-electron chi connectivity index (χ1n) is 10.2. The number of benzene rings is 1. The molecule has 0 saturated carbocycles. The monoisotopic (exact) mass is 376 g/mol. The molecule has 4 heteroatoms. The third kappa shape index (κ3) is 5.53. The van der Waals surface area contributed by atoms with Crippen molar-refractivity contribution in [1.29, 1.82) is 5.26 Å². The zero-order chi connectivity index (χ0) is 21.1. The van der Waals surface area contributed by atoms with Crippen LogP contribution in [0.5, 0.6) is 0 Å². The summed E-state index contributed by atoms with van der Waals surface area (Å²) in [6, 6.07) is 14.1. The molecule has 2 heterocycles. The highest BCUT2D eigenvalue weighted by Crippen LogP contribution is 2.25. The summed E-state index contributed by atoms with van der Waals surface area (Å²) in [6.07, 6.45) is 1.92. The number of anilines is 2. The van der Waals surface area contributed by atoms with Gasteiger partial charge < -0.3 is 5.32 Å². The second-order valence-corrected chi connectivity index (χ2v) is 5.78. The van der Waals surface area contributed by atoms with Crippen LogP contribution in [0.3, 0.4) is 0 Å². The molecule has 0 bridgehead atoms. The third-order valence-electron chi connectivity index (χ3n) is 4.17. The molecule has 1 aromatic carbocycles. The van der Waals surface area contributed by atoms with E-state index in [1.54, 1.807) is 6.07 Å². The van der Waals surface area contributed by atoms with Gasteiger partial charge in [-0.15, -0.1) is 0 Å². The topological polar surface area (TPSA) is 61.6 Å². The second kappa shape index (κ2) is 11.7. The Hall–Kier alpha value is -2.93. The van der Waals surface area contributed by atoms with Crippen LogP contribution in [0.15, 0.2) is 36.4 Å². The number of pyridine rings is 2. The van der Waals surface area contributed by atoms with Crippen LogP contribution in [-0.2, 0) is 12.8 Å². The largest absolute Gasteiger partial charge is 0.340 e. The molecule has 0 saturated heterocycles. The van der Waals surface area contributed by atoms with Gasteiger partial charge in [0.1, 0.15) is 11.9 Å². The van der Waals surface area contributed by atoms with Crippen molar-refractivity contribution in [3.05, 3.63) is 58.9 Å². The number of rotatable bonds is 4. The molecule has 3 aromatic rings. The highest BCUT2D eigenvalue weighted by molar-refractivity contribution is 5.86. The molecule has 0 fully saturated rings. The van der Waals surface area contributed by atoms with Crippen LogP contribution in [0.4, 0.5) is 11.5 Å². The smallest absolute Gasteiger partial charge is 0.130 e. The Morgan fingerprint density at radius 1 is 0.929 bits per heavy atom. The van der Waals surface area contributed by atoms with Crippen LogP contribution in [0.25, 0.3) is 10.9 Å². The Labute approximate surface area is 169 Å². The molecule has 1 N–H and O–H groups in total. The van der Waals surface area contributed by atoms with Crippen LogP contribution < -0.4 is 5.32 Å². The number of hydrogen-bond donors (Lipinski definition) is 1. The lowest BCUT2D eigenvalue weighted by Crippen LogP contribution is -1.98. The van der Waals surface area contributed by atoms with Crippen molar-refractivity contribution < 1.29 is 0 Å². The van der Waals surface area contributed by atoms with E-state index in [-0.39, 0.29) is 0 Å². The van der Waals surface area contributed by atoms with E-state index in [0.717, 1.165) is 41.3 Å². The predicted molar refractivity (Wildman–Crippen MR) is 120 cm³/mol. The summed E-state index contributed by atoms with van der Waals surface area (Å²) in [7, 11) is 0. The maximum absolute atomic E-state index is 9.00. The number of aromatic nitrogens is 2. The van der Waals surface area contributed by atoms with Crippen molar-refractivity contribution in [3.8, 4) is 6.07 Å². The molecule has 4 nitrogen and oxygen atoms in total. The van der Waals surface area contributed by atoms with Crippen molar-refractivity contribution >= 4 is 22.4 Å². The molecule has 28 heavy (non-hydrogen) atoms. The molecule has 0 atom stereocenters. The van der Waals surface area contributed by atoms with Gasteiger partial charge in [-0.25, -0.2) is 4.98 Å². The molecular weight excluding hydrogens is 344 g/mol. The Balaban J connectivity index is 0.000000921. The van der Waals surface area contributed by atoms with Crippen molar-refractivity contribution in [2.75, 3.05) is 5.32 Å². The predicted octanol–water partition coefficient (Wildman–Crippen LogP) is 6.73. The Morgan fingerprint density at radius 2 is 1.64 bits per heavy atom. The van der Waals surface area contributed by atoms with E-state index in [4.69, 9.17) is 10.2 Å². The number of hydrogen-bond acceptors (Lipinski definition) is 4.